The molecule has 0 radical (unpaired) electrons. The Morgan fingerprint density at radius 1 is 0.586 bits per heavy atom. The molecule has 0 aliphatic carbocycles. The molecular weight excluding hydrogens is 354 g/mol. The normalized spacial score (nSPS) is 11.3. The van der Waals surface area contributed by atoms with Gasteiger partial charge in [-0.05, 0) is 40.1 Å². The summed E-state index contributed by atoms with van der Waals surface area (Å²) < 4.78 is 6.04. The van der Waals surface area contributed by atoms with Crippen molar-refractivity contribution in [1.29, 1.82) is 0 Å². The largest absolute Gasteiger partial charge is 0.436 e. The van der Waals surface area contributed by atoms with Crippen molar-refractivity contribution in [3.8, 4) is 22.8 Å². The molecule has 5 aromatic rings. The Kier molecular flexibility index (Phi) is 4.51. The van der Waals surface area contributed by atoms with E-state index in [1.807, 2.05) is 42.5 Å². The first kappa shape index (κ1) is 17.2. The van der Waals surface area contributed by atoms with Crippen molar-refractivity contribution in [2.45, 2.75) is 0 Å². The van der Waals surface area contributed by atoms with Crippen LogP contribution in [-0.2, 0) is 0 Å². The predicted molar refractivity (Wildman–Crippen MR) is 120 cm³/mol. The molecule has 0 amide bonds. The van der Waals surface area contributed by atoms with Gasteiger partial charge in [0.05, 0.1) is 6.20 Å². The lowest BCUT2D eigenvalue weighted by atomic mass is 10.1. The highest BCUT2D eigenvalue weighted by Gasteiger charge is 2.09. The van der Waals surface area contributed by atoms with Crippen LogP contribution >= 0.6 is 0 Å². The third kappa shape index (κ3) is 3.74. The Morgan fingerprint density at radius 2 is 1.24 bits per heavy atom. The quantitative estimate of drug-likeness (QED) is 0.308. The molecule has 0 saturated heterocycles. The van der Waals surface area contributed by atoms with Crippen LogP contribution in [0.1, 0.15) is 11.1 Å². The van der Waals surface area contributed by atoms with Crippen LogP contribution in [-0.4, -0.2) is 4.98 Å². The maximum atomic E-state index is 6.04. The number of hydrogen-bond acceptors (Lipinski definition) is 2. The molecule has 5 rings (SSSR count). The van der Waals surface area contributed by atoms with Crippen molar-refractivity contribution >= 4 is 22.9 Å². The number of hydrogen-bond donors (Lipinski definition) is 0. The summed E-state index contributed by atoms with van der Waals surface area (Å²) in [7, 11) is 0. The zero-order valence-corrected chi connectivity index (χ0v) is 15.8. The summed E-state index contributed by atoms with van der Waals surface area (Å²) in [5, 5.41) is 2.41. The van der Waals surface area contributed by atoms with Gasteiger partial charge in [0.25, 0.3) is 0 Å². The summed E-state index contributed by atoms with van der Waals surface area (Å²) in [5.41, 5.74) is 4.32. The number of fused-ring (bicyclic) bond motifs is 1. The Morgan fingerprint density at radius 3 is 2.03 bits per heavy atom. The summed E-state index contributed by atoms with van der Waals surface area (Å²) in [6, 6.07) is 33.2. The van der Waals surface area contributed by atoms with Gasteiger partial charge in [0.15, 0.2) is 5.76 Å². The van der Waals surface area contributed by atoms with E-state index in [-0.39, 0.29) is 0 Å². The van der Waals surface area contributed by atoms with E-state index in [1.54, 1.807) is 6.20 Å². The van der Waals surface area contributed by atoms with Crippen molar-refractivity contribution in [2.24, 2.45) is 0 Å². The third-order valence-corrected chi connectivity index (χ3v) is 4.97. The first-order chi connectivity index (χ1) is 14.3. The van der Waals surface area contributed by atoms with Crippen molar-refractivity contribution < 1.29 is 4.42 Å². The minimum absolute atomic E-state index is 0.631. The summed E-state index contributed by atoms with van der Waals surface area (Å²) in [5.74, 6) is 1.41. The lowest BCUT2D eigenvalue weighted by Crippen LogP contribution is -1.78. The summed E-state index contributed by atoms with van der Waals surface area (Å²) >= 11 is 0. The van der Waals surface area contributed by atoms with Gasteiger partial charge in [-0.2, -0.15) is 0 Å². The smallest absolute Gasteiger partial charge is 0.226 e. The van der Waals surface area contributed by atoms with Crippen molar-refractivity contribution in [3.63, 3.8) is 0 Å². The molecule has 1 heterocycles. The number of oxazole rings is 1. The fourth-order valence-electron chi connectivity index (χ4n) is 3.38. The molecular formula is C27H19NO. The molecule has 0 fully saturated rings. The van der Waals surface area contributed by atoms with Crippen LogP contribution in [0, 0.1) is 0 Å². The van der Waals surface area contributed by atoms with Crippen LogP contribution in [0.3, 0.4) is 0 Å². The highest BCUT2D eigenvalue weighted by atomic mass is 16.4. The molecule has 0 N–H and O–H groups in total. The molecule has 138 valence electrons. The first-order valence-corrected chi connectivity index (χ1v) is 9.64. The van der Waals surface area contributed by atoms with Crippen molar-refractivity contribution in [2.75, 3.05) is 0 Å². The monoisotopic (exact) mass is 373 g/mol. The van der Waals surface area contributed by atoms with Crippen LogP contribution < -0.4 is 0 Å². The fraction of sp³-hybridized carbons (Fsp3) is 0. The zero-order chi connectivity index (χ0) is 19.5. The van der Waals surface area contributed by atoms with Crippen molar-refractivity contribution in [1.82, 2.24) is 4.98 Å². The highest BCUT2D eigenvalue weighted by Crippen LogP contribution is 2.28. The zero-order valence-electron chi connectivity index (χ0n) is 15.8. The molecule has 4 aromatic carbocycles. The van der Waals surface area contributed by atoms with Crippen LogP contribution in [0.4, 0.5) is 0 Å². The lowest BCUT2D eigenvalue weighted by molar-refractivity contribution is 0.589. The second-order valence-electron chi connectivity index (χ2n) is 6.96. The van der Waals surface area contributed by atoms with Gasteiger partial charge in [0, 0.05) is 11.1 Å². The Balaban J connectivity index is 1.37. The van der Waals surface area contributed by atoms with Crippen LogP contribution in [0.25, 0.3) is 45.7 Å². The van der Waals surface area contributed by atoms with E-state index in [1.165, 1.54) is 16.3 Å². The van der Waals surface area contributed by atoms with Gasteiger partial charge in [-0.1, -0.05) is 91.0 Å². The van der Waals surface area contributed by atoms with Gasteiger partial charge >= 0.3 is 0 Å². The maximum Gasteiger partial charge on any atom is 0.226 e. The van der Waals surface area contributed by atoms with Gasteiger partial charge in [0.2, 0.25) is 5.89 Å². The standard InChI is InChI=1S/C27H19NO/c1-2-6-20(7-3-1)10-11-21-12-14-23(15-13-21)27-28-19-26(29-27)25-17-16-22-8-4-5-9-24(22)18-25/h1-19H. The van der Waals surface area contributed by atoms with Crippen molar-refractivity contribution in [3.05, 3.63) is 114 Å². The molecule has 0 bridgehead atoms. The summed E-state index contributed by atoms with van der Waals surface area (Å²) in [6.07, 6.45) is 6.01. The SMILES string of the molecule is C(=Cc1ccc(-c2ncc(-c3ccc4ccccc4c3)o2)cc1)c1ccccc1. The minimum Gasteiger partial charge on any atom is -0.436 e. The lowest BCUT2D eigenvalue weighted by Gasteiger charge is -2.01. The number of nitrogens with zero attached hydrogens (tertiary/aromatic N) is 1. The maximum absolute atomic E-state index is 6.04. The molecule has 0 aliphatic rings. The summed E-state index contributed by atoms with van der Waals surface area (Å²) in [6.45, 7) is 0. The van der Waals surface area contributed by atoms with Crippen LogP contribution in [0.15, 0.2) is 108 Å². The van der Waals surface area contributed by atoms with Gasteiger partial charge in [-0.3, -0.25) is 0 Å². The minimum atomic E-state index is 0.631. The van der Waals surface area contributed by atoms with E-state index in [4.69, 9.17) is 4.42 Å². The van der Waals surface area contributed by atoms with E-state index in [0.717, 1.165) is 22.5 Å². The molecule has 2 nitrogen and oxygen atoms in total. The average molecular weight is 373 g/mol. The summed E-state index contributed by atoms with van der Waals surface area (Å²) in [4.78, 5) is 4.48. The number of rotatable bonds is 4. The van der Waals surface area contributed by atoms with Crippen LogP contribution in [0.5, 0.6) is 0 Å². The second kappa shape index (κ2) is 7.61. The molecule has 1 aromatic heterocycles. The first-order valence-electron chi connectivity index (χ1n) is 9.64. The molecule has 2 heteroatoms. The van der Waals surface area contributed by atoms with E-state index < -0.39 is 0 Å². The van der Waals surface area contributed by atoms with E-state index in [9.17, 15) is 0 Å². The van der Waals surface area contributed by atoms with E-state index >= 15 is 0 Å². The van der Waals surface area contributed by atoms with Gasteiger partial charge in [-0.25, -0.2) is 4.98 Å². The highest BCUT2D eigenvalue weighted by molar-refractivity contribution is 5.86. The van der Waals surface area contributed by atoms with Gasteiger partial charge < -0.3 is 4.42 Å². The molecule has 29 heavy (non-hydrogen) atoms. The topological polar surface area (TPSA) is 26.0 Å². The molecule has 0 saturated carbocycles. The predicted octanol–water partition coefficient (Wildman–Crippen LogP) is 7.33. The van der Waals surface area contributed by atoms with Gasteiger partial charge in [-0.15, -0.1) is 0 Å². The van der Waals surface area contributed by atoms with Crippen LogP contribution in [0.2, 0.25) is 0 Å². The van der Waals surface area contributed by atoms with Gasteiger partial charge in [0.1, 0.15) is 0 Å². The number of aromatic nitrogens is 1. The fourth-order valence-corrected chi connectivity index (χ4v) is 3.38. The molecule has 0 spiro atoms. The third-order valence-electron chi connectivity index (χ3n) is 4.97. The van der Waals surface area contributed by atoms with E-state index in [2.05, 4.69) is 71.7 Å². The average Bonchev–Trinajstić information content (AvgIpc) is 3.29. The molecule has 0 unspecified atom stereocenters. The number of benzene rings is 4. The van der Waals surface area contributed by atoms with E-state index in [0.29, 0.717) is 5.89 Å². The molecule has 0 aliphatic heterocycles. The Bertz CT molecular complexity index is 1280. The second-order valence-corrected chi connectivity index (χ2v) is 6.96. The Hall–Kier alpha value is -3.91. The molecule has 0 atom stereocenters. The Labute approximate surface area is 169 Å².